The molecular formula is C14H12ClFN2O4. The maximum atomic E-state index is 12.9. The van der Waals surface area contributed by atoms with Crippen molar-refractivity contribution in [2.75, 3.05) is 5.32 Å². The molecule has 1 N–H and O–H groups in total. The molecule has 0 radical (unpaired) electrons. The van der Waals surface area contributed by atoms with Crippen LogP contribution in [0.1, 0.15) is 23.0 Å². The summed E-state index contributed by atoms with van der Waals surface area (Å²) >= 11 is 5.76. The second-order valence-electron chi connectivity index (χ2n) is 4.48. The minimum absolute atomic E-state index is 0.0278. The number of carbonyl (C=O) groups excluding carboxylic acids is 2. The third-order valence-electron chi connectivity index (χ3n) is 2.68. The Morgan fingerprint density at radius 3 is 2.73 bits per heavy atom. The van der Waals surface area contributed by atoms with E-state index in [1.54, 1.807) is 6.92 Å². The molecule has 1 heterocycles. The van der Waals surface area contributed by atoms with Crippen LogP contribution in [0.15, 0.2) is 28.8 Å². The number of carbonyl (C=O) groups is 2. The number of aryl methyl sites for hydroxylation is 1. The molecular weight excluding hydrogens is 315 g/mol. The fourth-order valence-electron chi connectivity index (χ4n) is 1.59. The quantitative estimate of drug-likeness (QED) is 0.873. The fourth-order valence-corrected chi connectivity index (χ4v) is 1.83. The molecule has 8 heteroatoms. The van der Waals surface area contributed by atoms with E-state index in [4.69, 9.17) is 20.9 Å². The minimum Gasteiger partial charge on any atom is -0.449 e. The number of anilines is 1. The Morgan fingerprint density at radius 2 is 2.14 bits per heavy atom. The summed E-state index contributed by atoms with van der Waals surface area (Å²) in [5, 5.41) is 5.93. The van der Waals surface area contributed by atoms with Crippen LogP contribution in [-0.4, -0.2) is 23.1 Å². The average Bonchev–Trinajstić information content (AvgIpc) is 2.83. The molecule has 0 saturated carbocycles. The van der Waals surface area contributed by atoms with Crippen molar-refractivity contribution in [3.63, 3.8) is 0 Å². The Bertz CT molecular complexity index is 717. The number of aromatic nitrogens is 1. The van der Waals surface area contributed by atoms with E-state index in [2.05, 4.69) is 10.5 Å². The molecule has 1 amide bonds. The lowest BCUT2D eigenvalue weighted by molar-refractivity contribution is -0.123. The van der Waals surface area contributed by atoms with Gasteiger partial charge >= 0.3 is 5.97 Å². The first-order valence-corrected chi connectivity index (χ1v) is 6.65. The third kappa shape index (κ3) is 3.82. The second kappa shape index (κ2) is 6.57. The number of rotatable bonds is 4. The zero-order valence-electron chi connectivity index (χ0n) is 11.7. The predicted octanol–water partition coefficient (Wildman–Crippen LogP) is 2.96. The van der Waals surface area contributed by atoms with Gasteiger partial charge in [-0.3, -0.25) is 4.79 Å². The van der Waals surface area contributed by atoms with E-state index in [-0.39, 0.29) is 16.4 Å². The molecule has 22 heavy (non-hydrogen) atoms. The Labute approximate surface area is 130 Å². The van der Waals surface area contributed by atoms with E-state index in [9.17, 15) is 14.0 Å². The number of nitrogens with one attached hydrogen (secondary N) is 1. The zero-order valence-corrected chi connectivity index (χ0v) is 12.5. The molecule has 0 aliphatic heterocycles. The first-order valence-electron chi connectivity index (χ1n) is 6.27. The number of benzene rings is 1. The lowest BCUT2D eigenvalue weighted by Crippen LogP contribution is -2.30. The van der Waals surface area contributed by atoms with E-state index < -0.39 is 23.8 Å². The van der Waals surface area contributed by atoms with Crippen molar-refractivity contribution in [3.05, 3.63) is 46.4 Å². The molecule has 0 fully saturated rings. The summed E-state index contributed by atoms with van der Waals surface area (Å²) in [5.41, 5.74) is -0.0278. The normalized spacial score (nSPS) is 11.8. The number of ether oxygens (including phenoxy) is 1. The van der Waals surface area contributed by atoms with Gasteiger partial charge in [-0.25, -0.2) is 9.18 Å². The molecule has 1 aromatic heterocycles. The smallest absolute Gasteiger partial charge is 0.340 e. The molecule has 0 aliphatic rings. The number of esters is 1. The van der Waals surface area contributed by atoms with E-state index in [0.29, 0.717) is 5.76 Å². The summed E-state index contributed by atoms with van der Waals surface area (Å²) in [6, 6.07) is 4.77. The molecule has 1 unspecified atom stereocenters. The third-order valence-corrected chi connectivity index (χ3v) is 3.00. The van der Waals surface area contributed by atoms with Gasteiger partial charge in [0, 0.05) is 6.07 Å². The number of nitrogens with zero attached hydrogens (tertiary/aromatic N) is 1. The molecule has 0 bridgehead atoms. The molecule has 6 nitrogen and oxygen atoms in total. The number of amides is 1. The first-order chi connectivity index (χ1) is 10.4. The first kappa shape index (κ1) is 16.0. The van der Waals surface area contributed by atoms with Crippen LogP contribution in [0.3, 0.4) is 0 Å². The van der Waals surface area contributed by atoms with Crippen LogP contribution in [0.25, 0.3) is 0 Å². The van der Waals surface area contributed by atoms with Gasteiger partial charge in [0.2, 0.25) is 0 Å². The summed E-state index contributed by atoms with van der Waals surface area (Å²) in [6.45, 7) is 3.06. The van der Waals surface area contributed by atoms with Crippen LogP contribution in [0.4, 0.5) is 10.2 Å². The van der Waals surface area contributed by atoms with Gasteiger partial charge in [-0.1, -0.05) is 16.8 Å². The maximum Gasteiger partial charge on any atom is 0.340 e. The van der Waals surface area contributed by atoms with Crippen molar-refractivity contribution in [1.82, 2.24) is 5.16 Å². The molecule has 1 atom stereocenters. The zero-order chi connectivity index (χ0) is 16.3. The van der Waals surface area contributed by atoms with Gasteiger partial charge in [0.25, 0.3) is 5.91 Å². The van der Waals surface area contributed by atoms with Gasteiger partial charge in [-0.05, 0) is 32.0 Å². The largest absolute Gasteiger partial charge is 0.449 e. The molecule has 2 aromatic rings. The molecule has 0 aliphatic carbocycles. The van der Waals surface area contributed by atoms with Crippen molar-refractivity contribution in [2.24, 2.45) is 0 Å². The molecule has 0 saturated heterocycles. The number of hydrogen-bond donors (Lipinski definition) is 1. The predicted molar refractivity (Wildman–Crippen MR) is 76.2 cm³/mol. The summed E-state index contributed by atoms with van der Waals surface area (Å²) in [6.07, 6.45) is -1.09. The van der Waals surface area contributed by atoms with Crippen LogP contribution in [0.2, 0.25) is 5.02 Å². The van der Waals surface area contributed by atoms with Gasteiger partial charge in [0.1, 0.15) is 11.6 Å². The lowest BCUT2D eigenvalue weighted by atomic mass is 10.2. The SMILES string of the molecule is Cc1cc(NC(=O)C(C)OC(=O)c2ccc(F)cc2Cl)no1. The second-order valence-corrected chi connectivity index (χ2v) is 4.89. The Balaban J connectivity index is 1.99. The minimum atomic E-state index is -1.09. The Hall–Kier alpha value is -2.41. The monoisotopic (exact) mass is 326 g/mol. The number of hydrogen-bond acceptors (Lipinski definition) is 5. The molecule has 1 aromatic carbocycles. The van der Waals surface area contributed by atoms with E-state index >= 15 is 0 Å². The van der Waals surface area contributed by atoms with E-state index in [0.717, 1.165) is 12.1 Å². The summed E-state index contributed by atoms with van der Waals surface area (Å²) in [4.78, 5) is 23.8. The maximum absolute atomic E-state index is 12.9. The van der Waals surface area contributed by atoms with Crippen molar-refractivity contribution >= 4 is 29.3 Å². The van der Waals surface area contributed by atoms with Gasteiger partial charge in [-0.2, -0.15) is 0 Å². The van der Waals surface area contributed by atoms with Gasteiger partial charge in [-0.15, -0.1) is 0 Å². The lowest BCUT2D eigenvalue weighted by Gasteiger charge is -2.12. The fraction of sp³-hybridized carbons (Fsp3) is 0.214. The highest BCUT2D eigenvalue weighted by Crippen LogP contribution is 2.19. The van der Waals surface area contributed by atoms with Crippen molar-refractivity contribution in [3.8, 4) is 0 Å². The highest BCUT2D eigenvalue weighted by Gasteiger charge is 2.21. The van der Waals surface area contributed by atoms with Crippen LogP contribution >= 0.6 is 11.6 Å². The van der Waals surface area contributed by atoms with E-state index in [1.165, 1.54) is 19.1 Å². The highest BCUT2D eigenvalue weighted by atomic mass is 35.5. The molecule has 116 valence electrons. The summed E-state index contributed by atoms with van der Waals surface area (Å²) in [5.74, 6) is -1.25. The standard InChI is InChI=1S/C14H12ClFN2O4/c1-7-5-12(18-22-7)17-13(19)8(2)21-14(20)10-4-3-9(16)6-11(10)15/h3-6,8H,1-2H3,(H,17,18,19). The van der Waals surface area contributed by atoms with Gasteiger partial charge < -0.3 is 14.6 Å². The van der Waals surface area contributed by atoms with Crippen molar-refractivity contribution in [2.45, 2.75) is 20.0 Å². The van der Waals surface area contributed by atoms with Crippen molar-refractivity contribution < 1.29 is 23.2 Å². The van der Waals surface area contributed by atoms with Gasteiger partial charge in [0.05, 0.1) is 10.6 Å². The topological polar surface area (TPSA) is 81.4 Å². The molecule has 2 rings (SSSR count). The van der Waals surface area contributed by atoms with E-state index in [1.807, 2.05) is 0 Å². The van der Waals surface area contributed by atoms with Crippen LogP contribution in [0, 0.1) is 12.7 Å². The Kier molecular flexibility index (Phi) is 4.77. The number of halogens is 2. The van der Waals surface area contributed by atoms with Gasteiger partial charge in [0.15, 0.2) is 11.9 Å². The van der Waals surface area contributed by atoms with Crippen molar-refractivity contribution in [1.29, 1.82) is 0 Å². The highest BCUT2D eigenvalue weighted by molar-refractivity contribution is 6.33. The van der Waals surface area contributed by atoms with Crippen LogP contribution in [0.5, 0.6) is 0 Å². The summed E-state index contributed by atoms with van der Waals surface area (Å²) < 4.78 is 22.7. The average molecular weight is 327 g/mol. The van der Waals surface area contributed by atoms with Crippen LogP contribution in [-0.2, 0) is 9.53 Å². The Morgan fingerprint density at radius 1 is 1.41 bits per heavy atom. The van der Waals surface area contributed by atoms with Crippen LogP contribution < -0.4 is 5.32 Å². The summed E-state index contributed by atoms with van der Waals surface area (Å²) in [7, 11) is 0. The molecule has 0 spiro atoms.